The molecule has 0 aliphatic carbocycles. The highest BCUT2D eigenvalue weighted by Crippen LogP contribution is 2.44. The summed E-state index contributed by atoms with van der Waals surface area (Å²) in [6, 6.07) is 16.7. The van der Waals surface area contributed by atoms with Crippen LogP contribution in [0.1, 0.15) is 34.5 Å². The molecule has 3 N–H and O–H groups in total. The SMILES string of the molecule is C=C1NN=C2c3c(cccc31)NC(c1ccccc1)C2c1ncc[nH]1. The third-order valence-electron chi connectivity index (χ3n) is 4.87. The molecule has 0 saturated carbocycles. The van der Waals surface area contributed by atoms with Gasteiger partial charge in [0.2, 0.25) is 0 Å². The first-order valence-corrected chi connectivity index (χ1v) is 8.30. The van der Waals surface area contributed by atoms with Crippen LogP contribution in [0.2, 0.25) is 0 Å². The monoisotopic (exact) mass is 327 g/mol. The molecule has 5 nitrogen and oxygen atoms in total. The van der Waals surface area contributed by atoms with Crippen LogP contribution in [-0.4, -0.2) is 15.7 Å². The smallest absolute Gasteiger partial charge is 0.117 e. The molecule has 0 spiro atoms. The third kappa shape index (κ3) is 2.09. The maximum atomic E-state index is 4.66. The number of rotatable bonds is 2. The summed E-state index contributed by atoms with van der Waals surface area (Å²) >= 11 is 0. The molecular formula is C20H17N5. The van der Waals surface area contributed by atoms with Crippen LogP contribution in [0.3, 0.4) is 0 Å². The number of nitrogens with one attached hydrogen (secondary N) is 3. The van der Waals surface area contributed by atoms with Crippen molar-refractivity contribution in [1.82, 2.24) is 15.4 Å². The van der Waals surface area contributed by atoms with E-state index in [9.17, 15) is 0 Å². The Morgan fingerprint density at radius 2 is 1.88 bits per heavy atom. The van der Waals surface area contributed by atoms with Crippen molar-refractivity contribution < 1.29 is 0 Å². The standard InChI is InChI=1S/C20H17N5/c1-12-14-8-5-9-15-16(14)19(25-24-12)17(20-21-10-11-22-20)18(23-15)13-6-3-2-4-7-13/h2-11,17-18,23-24H,1H2,(H,21,22). The predicted molar refractivity (Wildman–Crippen MR) is 99.3 cm³/mol. The van der Waals surface area contributed by atoms with Crippen molar-refractivity contribution in [1.29, 1.82) is 0 Å². The van der Waals surface area contributed by atoms with Crippen LogP contribution in [-0.2, 0) is 0 Å². The van der Waals surface area contributed by atoms with E-state index in [0.717, 1.165) is 34.0 Å². The summed E-state index contributed by atoms with van der Waals surface area (Å²) in [4.78, 5) is 7.81. The molecule has 2 aliphatic heterocycles. The highest BCUT2D eigenvalue weighted by Gasteiger charge is 2.40. The van der Waals surface area contributed by atoms with Gasteiger partial charge in [-0.15, -0.1) is 0 Å². The minimum atomic E-state index is -0.0216. The third-order valence-corrected chi connectivity index (χ3v) is 4.87. The van der Waals surface area contributed by atoms with Crippen LogP contribution >= 0.6 is 0 Å². The summed E-state index contributed by atoms with van der Waals surface area (Å²) in [6.07, 6.45) is 3.64. The summed E-state index contributed by atoms with van der Waals surface area (Å²) in [6.45, 7) is 4.09. The van der Waals surface area contributed by atoms with E-state index < -0.39 is 0 Å². The summed E-state index contributed by atoms with van der Waals surface area (Å²) in [5.41, 5.74) is 9.37. The highest BCUT2D eigenvalue weighted by molar-refractivity contribution is 6.15. The fourth-order valence-corrected chi connectivity index (χ4v) is 3.75. The van der Waals surface area contributed by atoms with Gasteiger partial charge < -0.3 is 10.3 Å². The van der Waals surface area contributed by atoms with Gasteiger partial charge in [-0.1, -0.05) is 49.0 Å². The van der Waals surface area contributed by atoms with Crippen molar-refractivity contribution in [3.05, 3.63) is 90.0 Å². The number of aromatic nitrogens is 2. The second kappa shape index (κ2) is 5.34. The van der Waals surface area contributed by atoms with Crippen LogP contribution in [0.25, 0.3) is 5.70 Å². The number of nitrogens with zero attached hydrogens (tertiary/aromatic N) is 2. The van der Waals surface area contributed by atoms with Crippen LogP contribution < -0.4 is 10.7 Å². The van der Waals surface area contributed by atoms with Gasteiger partial charge in [-0.3, -0.25) is 5.43 Å². The lowest BCUT2D eigenvalue weighted by Gasteiger charge is -2.38. The van der Waals surface area contributed by atoms with Crippen molar-refractivity contribution in [3.8, 4) is 0 Å². The zero-order valence-electron chi connectivity index (χ0n) is 13.5. The Morgan fingerprint density at radius 1 is 1.00 bits per heavy atom. The van der Waals surface area contributed by atoms with Crippen LogP contribution in [0.4, 0.5) is 5.69 Å². The molecule has 3 aromatic rings. The van der Waals surface area contributed by atoms with Crippen molar-refractivity contribution in [2.24, 2.45) is 5.10 Å². The molecule has 3 heterocycles. The Kier molecular flexibility index (Phi) is 3.00. The largest absolute Gasteiger partial charge is 0.377 e. The van der Waals surface area contributed by atoms with Crippen LogP contribution in [0.5, 0.6) is 0 Å². The molecule has 0 radical (unpaired) electrons. The number of imidazole rings is 1. The molecule has 0 amide bonds. The van der Waals surface area contributed by atoms with Crippen LogP contribution in [0, 0.1) is 0 Å². The number of anilines is 1. The molecule has 122 valence electrons. The molecule has 0 fully saturated rings. The molecule has 0 bridgehead atoms. The number of H-pyrrole nitrogens is 1. The van der Waals surface area contributed by atoms with E-state index in [1.165, 1.54) is 5.56 Å². The summed E-state index contributed by atoms with van der Waals surface area (Å²) < 4.78 is 0. The fourth-order valence-electron chi connectivity index (χ4n) is 3.75. The Bertz CT molecular complexity index is 973. The normalized spacial score (nSPS) is 21.0. The lowest BCUT2D eigenvalue weighted by Crippen LogP contribution is -2.36. The van der Waals surface area contributed by atoms with Gasteiger partial charge >= 0.3 is 0 Å². The van der Waals surface area contributed by atoms with Gasteiger partial charge in [0.05, 0.1) is 23.4 Å². The average Bonchev–Trinajstić information content (AvgIpc) is 3.19. The van der Waals surface area contributed by atoms with Gasteiger partial charge in [-0.05, 0) is 11.6 Å². The van der Waals surface area contributed by atoms with E-state index in [1.54, 1.807) is 6.20 Å². The van der Waals surface area contributed by atoms with Crippen molar-refractivity contribution in [2.45, 2.75) is 12.0 Å². The number of hydrogen-bond donors (Lipinski definition) is 3. The van der Waals surface area contributed by atoms with Gasteiger partial charge in [-0.25, -0.2) is 4.98 Å². The minimum Gasteiger partial charge on any atom is -0.377 e. The first-order valence-electron chi connectivity index (χ1n) is 8.30. The zero-order chi connectivity index (χ0) is 16.8. The quantitative estimate of drug-likeness (QED) is 0.673. The second-order valence-electron chi connectivity index (χ2n) is 6.30. The van der Waals surface area contributed by atoms with Gasteiger partial charge in [0.25, 0.3) is 0 Å². The molecule has 5 rings (SSSR count). The number of aromatic amines is 1. The lowest BCUT2D eigenvalue weighted by molar-refractivity contribution is 0.669. The van der Waals surface area contributed by atoms with E-state index in [-0.39, 0.29) is 12.0 Å². The maximum absolute atomic E-state index is 4.66. The van der Waals surface area contributed by atoms with E-state index in [2.05, 4.69) is 68.8 Å². The highest BCUT2D eigenvalue weighted by atomic mass is 15.3. The molecule has 25 heavy (non-hydrogen) atoms. The summed E-state index contributed by atoms with van der Waals surface area (Å²) in [5, 5.41) is 8.36. The molecule has 5 heteroatoms. The molecule has 2 aromatic carbocycles. The molecular weight excluding hydrogens is 310 g/mol. The maximum Gasteiger partial charge on any atom is 0.117 e. The van der Waals surface area contributed by atoms with Crippen LogP contribution in [0.15, 0.2) is 72.6 Å². The topological polar surface area (TPSA) is 65.1 Å². The Labute approximate surface area is 145 Å². The summed E-state index contributed by atoms with van der Waals surface area (Å²) in [5.74, 6) is 0.876. The molecule has 2 atom stereocenters. The Hall–Kier alpha value is -3.34. The van der Waals surface area contributed by atoms with E-state index in [4.69, 9.17) is 0 Å². The molecule has 2 unspecified atom stereocenters. The number of hydrazone groups is 1. The average molecular weight is 327 g/mol. The van der Waals surface area contributed by atoms with E-state index in [1.807, 2.05) is 18.3 Å². The first kappa shape index (κ1) is 14.0. The Morgan fingerprint density at radius 3 is 2.68 bits per heavy atom. The second-order valence-corrected chi connectivity index (χ2v) is 6.30. The van der Waals surface area contributed by atoms with Gasteiger partial charge in [0, 0.05) is 29.2 Å². The number of benzene rings is 2. The van der Waals surface area contributed by atoms with Gasteiger partial charge in [0.15, 0.2) is 0 Å². The minimum absolute atomic E-state index is 0.0216. The fraction of sp³-hybridized carbons (Fsp3) is 0.100. The summed E-state index contributed by atoms with van der Waals surface area (Å²) in [7, 11) is 0. The van der Waals surface area contributed by atoms with E-state index in [0.29, 0.717) is 0 Å². The van der Waals surface area contributed by atoms with Gasteiger partial charge in [-0.2, -0.15) is 5.10 Å². The van der Waals surface area contributed by atoms with Crippen molar-refractivity contribution in [2.75, 3.05) is 5.32 Å². The number of hydrogen-bond acceptors (Lipinski definition) is 4. The molecule has 1 aromatic heterocycles. The predicted octanol–water partition coefficient (Wildman–Crippen LogP) is 3.64. The van der Waals surface area contributed by atoms with Crippen molar-refractivity contribution >= 4 is 17.1 Å². The molecule has 2 aliphatic rings. The first-order chi connectivity index (χ1) is 12.3. The molecule has 0 saturated heterocycles. The van der Waals surface area contributed by atoms with E-state index >= 15 is 0 Å². The Balaban J connectivity index is 1.75. The van der Waals surface area contributed by atoms with Gasteiger partial charge in [0.1, 0.15) is 5.82 Å². The zero-order valence-corrected chi connectivity index (χ0v) is 13.5. The van der Waals surface area contributed by atoms with Crippen molar-refractivity contribution in [3.63, 3.8) is 0 Å². The lowest BCUT2D eigenvalue weighted by atomic mass is 9.79.